The number of aromatic nitrogens is 3. The van der Waals surface area contributed by atoms with Gasteiger partial charge >= 0.3 is 0 Å². The van der Waals surface area contributed by atoms with Crippen molar-refractivity contribution in [3.05, 3.63) is 215 Å². The van der Waals surface area contributed by atoms with Gasteiger partial charge in [0.15, 0.2) is 5.82 Å². The van der Waals surface area contributed by atoms with Crippen molar-refractivity contribution < 1.29 is 0 Å². The van der Waals surface area contributed by atoms with Crippen molar-refractivity contribution >= 4 is 40.1 Å². The van der Waals surface area contributed by atoms with Crippen LogP contribution < -0.4 is 15.5 Å². The Bertz CT molecular complexity index is 3070. The molecular formula is C57H48N4. The first-order valence-electron chi connectivity index (χ1n) is 20.9. The predicted molar refractivity (Wildman–Crippen MR) is 258 cm³/mol. The minimum atomic E-state index is 0.733. The minimum Gasteiger partial charge on any atom is -0.310 e. The van der Waals surface area contributed by atoms with Gasteiger partial charge in [0, 0.05) is 55.4 Å². The summed E-state index contributed by atoms with van der Waals surface area (Å²) in [4.78, 5) is 12.6. The van der Waals surface area contributed by atoms with Crippen molar-refractivity contribution in [2.24, 2.45) is 0 Å². The number of nitrogens with zero attached hydrogens (tertiary/aromatic N) is 4. The van der Waals surface area contributed by atoms with Gasteiger partial charge < -0.3 is 9.47 Å². The summed E-state index contributed by atoms with van der Waals surface area (Å²) in [5.41, 5.74) is 17.7. The zero-order valence-electron chi connectivity index (χ0n) is 35.4. The average Bonchev–Trinajstić information content (AvgIpc) is 3.60. The van der Waals surface area contributed by atoms with Crippen LogP contribution in [0.2, 0.25) is 0 Å². The number of allylic oxidation sites excluding steroid dienone is 1. The van der Waals surface area contributed by atoms with E-state index in [9.17, 15) is 0 Å². The fraction of sp³-hybridized carbons (Fsp3) is 0.0877. The van der Waals surface area contributed by atoms with Crippen LogP contribution in [0.3, 0.4) is 0 Å². The number of benzene rings is 7. The summed E-state index contributed by atoms with van der Waals surface area (Å²) >= 11 is 0. The lowest BCUT2D eigenvalue weighted by Gasteiger charge is -2.25. The molecule has 2 aromatic heterocycles. The summed E-state index contributed by atoms with van der Waals surface area (Å²) in [6.45, 7) is 14.9. The van der Waals surface area contributed by atoms with Gasteiger partial charge in [-0.15, -0.1) is 0 Å². The van der Waals surface area contributed by atoms with E-state index in [0.29, 0.717) is 0 Å². The molecule has 9 rings (SSSR count). The van der Waals surface area contributed by atoms with Crippen LogP contribution >= 0.6 is 0 Å². The zero-order valence-corrected chi connectivity index (χ0v) is 35.4. The molecule has 0 aliphatic carbocycles. The number of rotatable bonds is 9. The van der Waals surface area contributed by atoms with Gasteiger partial charge in [0.25, 0.3) is 0 Å². The minimum absolute atomic E-state index is 0.733. The van der Waals surface area contributed by atoms with Crippen LogP contribution in [0.5, 0.6) is 0 Å². The maximum Gasteiger partial charge on any atom is 0.160 e. The Balaban J connectivity index is 1.12. The third kappa shape index (κ3) is 7.38. The third-order valence-corrected chi connectivity index (χ3v) is 11.7. The fourth-order valence-electron chi connectivity index (χ4n) is 8.79. The number of hydrogen-bond acceptors (Lipinski definition) is 3. The number of hydrogen-bond donors (Lipinski definition) is 0. The van der Waals surface area contributed by atoms with Gasteiger partial charge in [-0.1, -0.05) is 134 Å². The van der Waals surface area contributed by atoms with E-state index >= 15 is 0 Å². The van der Waals surface area contributed by atoms with E-state index in [2.05, 4.69) is 233 Å². The van der Waals surface area contributed by atoms with Gasteiger partial charge in [0.2, 0.25) is 0 Å². The van der Waals surface area contributed by atoms with Gasteiger partial charge in [-0.25, -0.2) is 9.97 Å². The second-order valence-corrected chi connectivity index (χ2v) is 15.7. The number of fused-ring (bicyclic) bond motifs is 1. The molecule has 7 aromatic carbocycles. The Morgan fingerprint density at radius 3 is 1.67 bits per heavy atom. The van der Waals surface area contributed by atoms with Crippen LogP contribution in [0.4, 0.5) is 17.1 Å². The predicted octanol–water partition coefficient (Wildman–Crippen LogP) is 13.6. The fourth-order valence-corrected chi connectivity index (χ4v) is 8.79. The maximum absolute atomic E-state index is 5.15. The van der Waals surface area contributed by atoms with Crippen molar-refractivity contribution in [3.63, 3.8) is 0 Å². The first-order valence-corrected chi connectivity index (χ1v) is 20.9. The SMILES string of the molecule is C=C/C=c1\c(=C/C)n(-c2cc(C)c(-c3ccc(-c4cc(-c5ccccc5C)nc(-c5ccccc5C)n4)cc3)c(C)c2)c2ccc(N(c3ccccc3)c3ccccc3)cc12. The average molecular weight is 789 g/mol. The van der Waals surface area contributed by atoms with E-state index in [0.717, 1.165) is 78.3 Å². The molecule has 2 heterocycles. The molecule has 0 unspecified atom stereocenters. The van der Waals surface area contributed by atoms with E-state index in [1.807, 2.05) is 6.08 Å². The van der Waals surface area contributed by atoms with Crippen LogP contribution in [0, 0.1) is 27.7 Å². The lowest BCUT2D eigenvalue weighted by Crippen LogP contribution is -2.28. The van der Waals surface area contributed by atoms with Crippen LogP contribution in [-0.4, -0.2) is 14.5 Å². The first-order chi connectivity index (χ1) is 29.8. The Labute approximate surface area is 358 Å². The molecule has 0 N–H and O–H groups in total. The molecular weight excluding hydrogens is 741 g/mol. The van der Waals surface area contributed by atoms with E-state index in [1.165, 1.54) is 33.2 Å². The Morgan fingerprint density at radius 2 is 1.08 bits per heavy atom. The highest BCUT2D eigenvalue weighted by molar-refractivity contribution is 5.91. The second kappa shape index (κ2) is 16.6. The lowest BCUT2D eigenvalue weighted by molar-refractivity contribution is 1.06. The van der Waals surface area contributed by atoms with Crippen LogP contribution in [0.25, 0.3) is 73.8 Å². The molecule has 9 aromatic rings. The number of aryl methyl sites for hydroxylation is 4. The normalized spacial score (nSPS) is 12.0. The molecule has 0 radical (unpaired) electrons. The largest absolute Gasteiger partial charge is 0.310 e. The summed E-state index contributed by atoms with van der Waals surface area (Å²) in [7, 11) is 0. The van der Waals surface area contributed by atoms with Crippen molar-refractivity contribution in [3.8, 4) is 50.7 Å². The molecule has 61 heavy (non-hydrogen) atoms. The molecule has 0 aliphatic heterocycles. The van der Waals surface area contributed by atoms with E-state index in [4.69, 9.17) is 9.97 Å². The molecule has 0 aliphatic rings. The molecule has 0 fully saturated rings. The highest BCUT2D eigenvalue weighted by atomic mass is 15.1. The first kappa shape index (κ1) is 38.9. The summed E-state index contributed by atoms with van der Waals surface area (Å²) in [5, 5.41) is 3.44. The van der Waals surface area contributed by atoms with Crippen LogP contribution in [-0.2, 0) is 0 Å². The van der Waals surface area contributed by atoms with E-state index < -0.39 is 0 Å². The standard InChI is InChI=1S/C57H48N4/c1-7-19-50-51-36-46(60(44-22-11-9-12-23-44)45-24-13-10-14-25-45)32-33-55(51)61(54(50)8-2)47-34-40(5)56(41(6)35-47)43-30-28-42(29-31-43)52-37-53(48-26-17-15-20-38(48)3)59-57(58-52)49-27-18-16-21-39(49)4/h7-37H,1H2,2-6H3/b50-19-,54-8+. The summed E-state index contributed by atoms with van der Waals surface area (Å²) in [6.07, 6.45) is 6.23. The van der Waals surface area contributed by atoms with Gasteiger partial charge in [0.05, 0.1) is 16.9 Å². The highest BCUT2D eigenvalue weighted by Gasteiger charge is 2.18. The smallest absolute Gasteiger partial charge is 0.160 e. The van der Waals surface area contributed by atoms with Gasteiger partial charge in [0.1, 0.15) is 0 Å². The molecule has 0 spiro atoms. The lowest BCUT2D eigenvalue weighted by atomic mass is 9.93. The Kier molecular flexibility index (Phi) is 10.6. The number of para-hydroxylation sites is 2. The van der Waals surface area contributed by atoms with Crippen molar-refractivity contribution in [1.82, 2.24) is 14.5 Å². The van der Waals surface area contributed by atoms with Gasteiger partial charge in [-0.05, 0) is 129 Å². The molecule has 0 amide bonds. The summed E-state index contributed by atoms with van der Waals surface area (Å²) < 4.78 is 2.39. The maximum atomic E-state index is 5.15. The Hall–Kier alpha value is -7.56. The van der Waals surface area contributed by atoms with Crippen molar-refractivity contribution in [1.29, 1.82) is 0 Å². The quantitative estimate of drug-likeness (QED) is 0.146. The van der Waals surface area contributed by atoms with Crippen LogP contribution in [0.1, 0.15) is 29.2 Å². The number of anilines is 3. The monoisotopic (exact) mass is 788 g/mol. The molecule has 0 bridgehead atoms. The second-order valence-electron chi connectivity index (χ2n) is 15.7. The van der Waals surface area contributed by atoms with Gasteiger partial charge in [-0.3, -0.25) is 0 Å². The molecule has 296 valence electrons. The van der Waals surface area contributed by atoms with E-state index in [-0.39, 0.29) is 0 Å². The molecule has 0 atom stereocenters. The summed E-state index contributed by atoms with van der Waals surface area (Å²) in [5.74, 6) is 0.733. The Morgan fingerprint density at radius 1 is 0.525 bits per heavy atom. The summed E-state index contributed by atoms with van der Waals surface area (Å²) in [6, 6.07) is 60.3. The molecule has 0 saturated heterocycles. The van der Waals surface area contributed by atoms with Gasteiger partial charge in [-0.2, -0.15) is 0 Å². The highest BCUT2D eigenvalue weighted by Crippen LogP contribution is 2.37. The molecule has 4 heteroatoms. The third-order valence-electron chi connectivity index (χ3n) is 11.7. The van der Waals surface area contributed by atoms with Crippen LogP contribution in [0.15, 0.2) is 183 Å². The molecule has 0 saturated carbocycles. The van der Waals surface area contributed by atoms with E-state index in [1.54, 1.807) is 0 Å². The zero-order chi connectivity index (χ0) is 42.0. The topological polar surface area (TPSA) is 34.0 Å². The molecule has 4 nitrogen and oxygen atoms in total. The van der Waals surface area contributed by atoms with Crippen molar-refractivity contribution in [2.75, 3.05) is 4.90 Å². The van der Waals surface area contributed by atoms with Crippen molar-refractivity contribution in [2.45, 2.75) is 34.6 Å².